The molecule has 3 heterocycles. The summed E-state index contributed by atoms with van der Waals surface area (Å²) in [7, 11) is 0. The zero-order chi connectivity index (χ0) is 64.9. The Balaban J connectivity index is 1.78. The predicted octanol–water partition coefficient (Wildman–Crippen LogP) is -5.75. The number of amides is 11. The molecule has 0 bridgehead atoms. The molecule has 0 radical (unpaired) electrons. The molecule has 0 aromatic carbocycles. The lowest BCUT2D eigenvalue weighted by Crippen LogP contribution is -2.60. The highest BCUT2D eigenvalue weighted by atomic mass is 16.4. The summed E-state index contributed by atoms with van der Waals surface area (Å²) in [5, 5.41) is 72.6. The number of nitrogens with one attached hydrogen (secondary N) is 7. The van der Waals surface area contributed by atoms with Crippen LogP contribution in [0.2, 0.25) is 0 Å². The summed E-state index contributed by atoms with van der Waals surface area (Å²) in [4.78, 5) is 221. The van der Waals surface area contributed by atoms with Gasteiger partial charge in [0.15, 0.2) is 0 Å². The van der Waals surface area contributed by atoms with E-state index in [4.69, 9.17) is 16.6 Å². The van der Waals surface area contributed by atoms with Gasteiger partial charge in [-0.05, 0) is 77.0 Å². The Morgan fingerprint density at radius 3 is 1.19 bits per heavy atom. The average Bonchev–Trinajstić information content (AvgIpc) is 2.32. The van der Waals surface area contributed by atoms with Crippen molar-refractivity contribution in [3.8, 4) is 0 Å². The van der Waals surface area contributed by atoms with Gasteiger partial charge in [0.25, 0.3) is 0 Å². The molecule has 0 unspecified atom stereocenters. The second-order valence-corrected chi connectivity index (χ2v) is 21.4. The molecule has 3 rings (SSSR count). The largest absolute Gasteiger partial charge is 0.481 e. The molecule has 0 aromatic rings. The number of carboxylic acid groups (broad SMARTS) is 6. The molecule has 0 aliphatic carbocycles. The molecule has 86 heavy (non-hydrogen) atoms. The Kier molecular flexibility index (Phi) is 27.7. The number of likely N-dealkylation sites (tertiary alicyclic amines) is 3. The maximum atomic E-state index is 14.1. The normalized spacial score (nSPS) is 19.2. The Hall–Kier alpha value is -9.05. The lowest BCUT2D eigenvalue weighted by Gasteiger charge is -2.31. The highest BCUT2D eigenvalue weighted by Gasteiger charge is 2.44. The van der Waals surface area contributed by atoms with Crippen molar-refractivity contribution in [2.45, 2.75) is 190 Å². The van der Waals surface area contributed by atoms with E-state index in [-0.39, 0.29) is 76.9 Å². The van der Waals surface area contributed by atoms with Gasteiger partial charge in [-0.1, -0.05) is 13.8 Å². The van der Waals surface area contributed by atoms with E-state index in [0.717, 1.165) is 9.80 Å². The molecule has 3 aliphatic heterocycles. The van der Waals surface area contributed by atoms with Crippen LogP contribution < -0.4 is 48.7 Å². The molecule has 3 fully saturated rings. The van der Waals surface area contributed by atoms with E-state index in [9.17, 15) is 107 Å². The highest BCUT2D eigenvalue weighted by molar-refractivity contribution is 6.00. The number of nitrogens with two attached hydrogens (primary N) is 2. The number of carbonyl (C=O) groups is 17. The smallest absolute Gasteiger partial charge is 0.326 e. The zero-order valence-corrected chi connectivity index (χ0v) is 47.5. The van der Waals surface area contributed by atoms with Crippen LogP contribution in [0.25, 0.3) is 0 Å². The van der Waals surface area contributed by atoms with Crippen molar-refractivity contribution >= 4 is 101 Å². The van der Waals surface area contributed by atoms with Gasteiger partial charge in [0.2, 0.25) is 65.0 Å². The second-order valence-electron chi connectivity index (χ2n) is 21.4. The first-order valence-corrected chi connectivity index (χ1v) is 27.6. The van der Waals surface area contributed by atoms with Crippen molar-refractivity contribution < 1.29 is 112 Å². The fourth-order valence-electron chi connectivity index (χ4n) is 9.90. The van der Waals surface area contributed by atoms with Crippen LogP contribution in [0.1, 0.15) is 124 Å². The van der Waals surface area contributed by atoms with Gasteiger partial charge in [-0.2, -0.15) is 0 Å². The number of carbonyl (C=O) groups excluding carboxylic acids is 11. The first kappa shape index (κ1) is 71.2. The molecule has 11 amide bonds. The van der Waals surface area contributed by atoms with Crippen molar-refractivity contribution in [2.24, 2.45) is 17.4 Å². The topological polar surface area (TPSA) is 558 Å². The molecule has 0 spiro atoms. The first-order chi connectivity index (χ1) is 40.2. The average molecular weight is 1230 g/mol. The number of primary amides is 1. The third kappa shape index (κ3) is 22.2. The van der Waals surface area contributed by atoms with Crippen molar-refractivity contribution in [1.82, 2.24) is 51.9 Å². The number of hydrogen-bond acceptors (Lipinski definition) is 18. The minimum Gasteiger partial charge on any atom is -0.481 e. The summed E-state index contributed by atoms with van der Waals surface area (Å²) in [6.07, 6.45) is -5.76. The van der Waals surface area contributed by atoms with Crippen molar-refractivity contribution in [1.29, 1.82) is 0 Å². The van der Waals surface area contributed by atoms with Crippen LogP contribution in [0.5, 0.6) is 0 Å². The lowest BCUT2D eigenvalue weighted by molar-refractivity contribution is -0.148. The molecule has 35 heteroatoms. The lowest BCUT2D eigenvalue weighted by atomic mass is 10.0. The summed E-state index contributed by atoms with van der Waals surface area (Å²) < 4.78 is 0. The van der Waals surface area contributed by atoms with E-state index in [2.05, 4.69) is 31.9 Å². The van der Waals surface area contributed by atoms with Crippen LogP contribution in [0, 0.1) is 5.92 Å². The summed E-state index contributed by atoms with van der Waals surface area (Å²) in [5.74, 6) is -20.9. The zero-order valence-electron chi connectivity index (χ0n) is 47.5. The molecular formula is C51H76N12O23. The Morgan fingerprint density at radius 2 is 0.779 bits per heavy atom. The van der Waals surface area contributed by atoms with Gasteiger partial charge in [0.1, 0.15) is 60.4 Å². The van der Waals surface area contributed by atoms with E-state index in [0.29, 0.717) is 6.42 Å². The molecule has 3 saturated heterocycles. The Morgan fingerprint density at radius 1 is 0.419 bits per heavy atom. The first-order valence-electron chi connectivity index (χ1n) is 27.6. The van der Waals surface area contributed by atoms with Gasteiger partial charge >= 0.3 is 35.8 Å². The summed E-state index contributed by atoms with van der Waals surface area (Å²) in [5.41, 5.74) is 11.2. The fourth-order valence-corrected chi connectivity index (χ4v) is 9.90. The number of aliphatic carboxylic acids is 6. The van der Waals surface area contributed by atoms with E-state index in [1.165, 1.54) is 11.8 Å². The van der Waals surface area contributed by atoms with Crippen molar-refractivity contribution in [2.75, 3.05) is 19.6 Å². The van der Waals surface area contributed by atoms with Crippen LogP contribution in [-0.2, 0) is 81.5 Å². The third-order valence-corrected chi connectivity index (χ3v) is 14.2. The van der Waals surface area contributed by atoms with E-state index < -0.39 is 212 Å². The van der Waals surface area contributed by atoms with Gasteiger partial charge in [0, 0.05) is 38.9 Å². The van der Waals surface area contributed by atoms with Gasteiger partial charge in [0.05, 0.1) is 25.3 Å². The van der Waals surface area contributed by atoms with Gasteiger partial charge in [-0.3, -0.25) is 76.7 Å². The number of hydrogen-bond donors (Lipinski definition) is 15. The summed E-state index contributed by atoms with van der Waals surface area (Å²) in [6, 6.07) is -17.6. The number of nitrogens with zero attached hydrogens (tertiary/aromatic N) is 3. The van der Waals surface area contributed by atoms with Crippen LogP contribution in [0.3, 0.4) is 0 Å². The monoisotopic (exact) mass is 1220 g/mol. The standard InChI is InChI=1S/C51H76N12O23/c1-23(2)19-28(57-41(75)26(11-14-36(65)66)55-46(80)33-8-5-17-62(33)49(83)25(52)10-13-35(53)64)43(77)54-24(3)48(82)61-16-4-7-32(61)45(79)56-27(12-15-37(67)68)42(76)59-30(21-39(71)72)50(84)63-18-6-9-34(63)47(81)58-29(20-38(69)70)44(78)60-31(51(85)86)22-40(73)74/h23-34H,4-22,52H2,1-3H3,(H2,53,64)(H,54,77)(H,55,80)(H,56,79)(H,57,75)(H,58,81)(H,59,76)(H,60,78)(H,65,66)(H,67,68)(H,69,70)(H,71,72)(H,73,74)(H,85,86)/t24-,25-,26-,27-,28-,29-,30-,31-,32-,33-,34-/m0/s1. The van der Waals surface area contributed by atoms with Crippen LogP contribution in [0.4, 0.5) is 0 Å². The third-order valence-electron chi connectivity index (χ3n) is 14.2. The number of rotatable bonds is 35. The molecule has 478 valence electrons. The molecule has 0 saturated carbocycles. The SMILES string of the molecule is CC(C)C[C@H](NC(=O)[C@H](CCC(=O)O)NC(=O)[C@@H]1CCCN1C(=O)[C@@H](N)CCC(N)=O)C(=O)N[C@@H](C)C(=O)N1CCC[C@H]1C(=O)N[C@@H](CCC(=O)O)C(=O)N[C@@H](CC(=O)O)C(=O)N1CCC[C@H]1C(=O)N[C@@H](CC(=O)O)C(=O)N[C@@H](CC(=O)O)C(=O)O. The van der Waals surface area contributed by atoms with Crippen LogP contribution in [-0.4, -0.2) is 232 Å². The number of carboxylic acids is 6. The predicted molar refractivity (Wildman–Crippen MR) is 287 cm³/mol. The maximum Gasteiger partial charge on any atom is 0.326 e. The molecule has 17 N–H and O–H groups in total. The van der Waals surface area contributed by atoms with Gasteiger partial charge in [-0.15, -0.1) is 0 Å². The molecule has 11 atom stereocenters. The van der Waals surface area contributed by atoms with Gasteiger partial charge in [-0.25, -0.2) is 4.79 Å². The Labute approximate surface area is 490 Å². The Bertz CT molecular complexity index is 2620. The molecule has 35 nitrogen and oxygen atoms in total. The van der Waals surface area contributed by atoms with Gasteiger partial charge < -0.3 is 94.0 Å². The van der Waals surface area contributed by atoms with Crippen LogP contribution >= 0.6 is 0 Å². The van der Waals surface area contributed by atoms with Crippen molar-refractivity contribution in [3.63, 3.8) is 0 Å². The maximum absolute atomic E-state index is 14.1. The minimum atomic E-state index is -2.05. The quantitative estimate of drug-likeness (QED) is 0.0281. The van der Waals surface area contributed by atoms with Crippen molar-refractivity contribution in [3.05, 3.63) is 0 Å². The van der Waals surface area contributed by atoms with E-state index in [1.807, 2.05) is 5.32 Å². The van der Waals surface area contributed by atoms with Crippen LogP contribution in [0.15, 0.2) is 0 Å². The summed E-state index contributed by atoms with van der Waals surface area (Å²) >= 11 is 0. The van der Waals surface area contributed by atoms with E-state index >= 15 is 0 Å². The molecule has 3 aliphatic rings. The fraction of sp³-hybridized carbons (Fsp3) is 0.667. The molecular weight excluding hydrogens is 1150 g/mol. The summed E-state index contributed by atoms with van der Waals surface area (Å²) in [6.45, 7) is 4.41. The minimum absolute atomic E-state index is 0.0359. The second kappa shape index (κ2) is 33.4. The highest BCUT2D eigenvalue weighted by Crippen LogP contribution is 2.23. The van der Waals surface area contributed by atoms with E-state index in [1.54, 1.807) is 13.8 Å². The molecule has 0 aromatic heterocycles.